The third-order valence-electron chi connectivity index (χ3n) is 3.24. The predicted molar refractivity (Wildman–Crippen MR) is 70.6 cm³/mol. The third-order valence-corrected chi connectivity index (χ3v) is 3.24. The fraction of sp³-hybridized carbons (Fsp3) is 0.0667. The number of carbonyl (C=O) groups excluding carboxylic acids is 1. The number of benzene rings is 1. The Morgan fingerprint density at radius 3 is 2.85 bits per heavy atom. The van der Waals surface area contributed by atoms with Crippen LogP contribution < -0.4 is 0 Å². The fourth-order valence-corrected chi connectivity index (χ4v) is 2.15. The van der Waals surface area contributed by atoms with Crippen LogP contribution in [0.25, 0.3) is 10.9 Å². The molecule has 0 bridgehead atoms. The van der Waals surface area contributed by atoms with Crippen molar-refractivity contribution in [1.82, 2.24) is 9.97 Å². The summed E-state index contributed by atoms with van der Waals surface area (Å²) in [6, 6.07) is 4.09. The van der Waals surface area contributed by atoms with Gasteiger partial charge in [0.2, 0.25) is 5.78 Å². The molecule has 3 nitrogen and oxygen atoms in total. The predicted octanol–water partition coefficient (Wildman–Crippen LogP) is 3.38. The number of rotatable bonds is 2. The number of ketones is 1. The molecule has 0 spiro atoms. The van der Waals surface area contributed by atoms with Crippen LogP contribution in [-0.2, 0) is 0 Å². The van der Waals surface area contributed by atoms with Gasteiger partial charge in [-0.15, -0.1) is 0 Å². The summed E-state index contributed by atoms with van der Waals surface area (Å²) in [5.41, 5.74) is 0.593. The van der Waals surface area contributed by atoms with Gasteiger partial charge in [0.25, 0.3) is 0 Å². The number of nitrogens with zero attached hydrogens (tertiary/aromatic N) is 1. The number of aromatic amines is 1. The molecule has 5 heteroatoms. The second-order valence-electron chi connectivity index (χ2n) is 4.51. The van der Waals surface area contributed by atoms with Gasteiger partial charge in [-0.1, -0.05) is 6.07 Å². The first-order chi connectivity index (χ1) is 9.59. The molecule has 0 aliphatic rings. The maximum atomic E-state index is 14.0. The summed E-state index contributed by atoms with van der Waals surface area (Å²) in [5.74, 6) is -2.38. The molecular formula is C15H10F2N2O. The van der Waals surface area contributed by atoms with Crippen LogP contribution in [0.3, 0.4) is 0 Å². The first kappa shape index (κ1) is 12.5. The Balaban J connectivity index is 2.21. The summed E-state index contributed by atoms with van der Waals surface area (Å²) in [6.45, 7) is 1.49. The minimum absolute atomic E-state index is 0.205. The van der Waals surface area contributed by atoms with E-state index in [9.17, 15) is 13.6 Å². The van der Waals surface area contributed by atoms with Crippen LogP contribution in [0.5, 0.6) is 0 Å². The van der Waals surface area contributed by atoms with E-state index < -0.39 is 23.0 Å². The van der Waals surface area contributed by atoms with Crippen molar-refractivity contribution in [3.05, 3.63) is 65.1 Å². The van der Waals surface area contributed by atoms with Crippen molar-refractivity contribution < 1.29 is 13.6 Å². The number of H-pyrrole nitrogens is 1. The van der Waals surface area contributed by atoms with E-state index in [-0.39, 0.29) is 11.1 Å². The van der Waals surface area contributed by atoms with Crippen molar-refractivity contribution >= 4 is 16.7 Å². The van der Waals surface area contributed by atoms with Crippen molar-refractivity contribution in [2.45, 2.75) is 6.92 Å². The van der Waals surface area contributed by atoms with Crippen LogP contribution in [0.15, 0.2) is 36.8 Å². The molecular weight excluding hydrogens is 262 g/mol. The summed E-state index contributed by atoms with van der Waals surface area (Å²) in [5, 5.41) is 0.540. The molecule has 0 aliphatic heterocycles. The molecule has 3 aromatic rings. The number of carbonyl (C=O) groups is 1. The van der Waals surface area contributed by atoms with Gasteiger partial charge >= 0.3 is 0 Å². The van der Waals surface area contributed by atoms with Crippen molar-refractivity contribution in [2.75, 3.05) is 0 Å². The molecule has 0 aliphatic carbocycles. The first-order valence-corrected chi connectivity index (χ1v) is 6.00. The summed E-state index contributed by atoms with van der Waals surface area (Å²) < 4.78 is 27.8. The first-order valence-electron chi connectivity index (χ1n) is 6.00. The Hall–Kier alpha value is -2.56. The lowest BCUT2D eigenvalue weighted by atomic mass is 10.0. The van der Waals surface area contributed by atoms with Crippen LogP contribution in [0.4, 0.5) is 8.78 Å². The molecule has 0 unspecified atom stereocenters. The maximum Gasteiger partial charge on any atom is 0.201 e. The number of nitrogens with one attached hydrogen (secondary N) is 1. The quantitative estimate of drug-likeness (QED) is 0.727. The average Bonchev–Trinajstić information content (AvgIpc) is 2.87. The van der Waals surface area contributed by atoms with Gasteiger partial charge in [-0.25, -0.2) is 8.78 Å². The Morgan fingerprint density at radius 2 is 2.05 bits per heavy atom. The molecule has 3 rings (SSSR count). The second-order valence-corrected chi connectivity index (χ2v) is 4.51. The van der Waals surface area contributed by atoms with E-state index in [1.54, 1.807) is 12.3 Å². The molecule has 0 amide bonds. The zero-order valence-corrected chi connectivity index (χ0v) is 10.6. The van der Waals surface area contributed by atoms with Crippen LogP contribution in [0, 0.1) is 18.6 Å². The number of hydrogen-bond donors (Lipinski definition) is 1. The maximum absolute atomic E-state index is 14.0. The molecule has 1 N–H and O–H groups in total. The fourth-order valence-electron chi connectivity index (χ4n) is 2.15. The highest BCUT2D eigenvalue weighted by molar-refractivity contribution is 6.16. The highest BCUT2D eigenvalue weighted by Crippen LogP contribution is 2.24. The van der Waals surface area contributed by atoms with Crippen LogP contribution >= 0.6 is 0 Å². The summed E-state index contributed by atoms with van der Waals surface area (Å²) in [7, 11) is 0. The van der Waals surface area contributed by atoms with E-state index in [0.717, 1.165) is 6.07 Å². The molecule has 2 aromatic heterocycles. The number of pyridine rings is 1. The third kappa shape index (κ3) is 1.79. The van der Waals surface area contributed by atoms with Gasteiger partial charge in [0.15, 0.2) is 0 Å². The molecule has 0 atom stereocenters. The van der Waals surface area contributed by atoms with E-state index >= 15 is 0 Å². The molecule has 0 fully saturated rings. The molecule has 1 aromatic carbocycles. The number of aryl methyl sites for hydroxylation is 1. The van der Waals surface area contributed by atoms with Crippen molar-refractivity contribution in [3.63, 3.8) is 0 Å². The van der Waals surface area contributed by atoms with Gasteiger partial charge in [0.1, 0.15) is 11.6 Å². The normalized spacial score (nSPS) is 10.9. The number of hydrogen-bond acceptors (Lipinski definition) is 2. The van der Waals surface area contributed by atoms with Crippen molar-refractivity contribution in [2.24, 2.45) is 0 Å². The molecule has 2 heterocycles. The zero-order chi connectivity index (χ0) is 14.3. The van der Waals surface area contributed by atoms with Gasteiger partial charge in [-0.05, 0) is 24.6 Å². The summed E-state index contributed by atoms with van der Waals surface area (Å²) in [4.78, 5) is 19.2. The van der Waals surface area contributed by atoms with Gasteiger partial charge in [-0.3, -0.25) is 9.78 Å². The lowest BCUT2D eigenvalue weighted by molar-refractivity contribution is 0.103. The topological polar surface area (TPSA) is 45.8 Å². The Bertz CT molecular complexity index is 824. The van der Waals surface area contributed by atoms with Crippen molar-refractivity contribution in [1.29, 1.82) is 0 Å². The molecule has 0 saturated heterocycles. The standard InChI is InChI=1S/C15H10F2N2O/c1-8-2-3-11(16)13(14(8)17)15(20)10-7-19-12-4-5-18-6-9(10)12/h2-7,19H,1H3. The molecule has 0 radical (unpaired) electrons. The number of halogens is 2. The second kappa shape index (κ2) is 4.52. The van der Waals surface area contributed by atoms with Crippen LogP contribution in [0.1, 0.15) is 21.5 Å². The number of aromatic nitrogens is 2. The van der Waals surface area contributed by atoms with Crippen LogP contribution in [0.2, 0.25) is 0 Å². The minimum atomic E-state index is -0.864. The zero-order valence-electron chi connectivity index (χ0n) is 10.6. The van der Waals surface area contributed by atoms with Gasteiger partial charge in [-0.2, -0.15) is 0 Å². The molecule has 0 saturated carbocycles. The lowest BCUT2D eigenvalue weighted by Gasteiger charge is -2.05. The minimum Gasteiger partial charge on any atom is -0.360 e. The smallest absolute Gasteiger partial charge is 0.201 e. The van der Waals surface area contributed by atoms with E-state index in [4.69, 9.17) is 0 Å². The van der Waals surface area contributed by atoms with Gasteiger partial charge in [0, 0.05) is 35.1 Å². The molecule has 100 valence electrons. The highest BCUT2D eigenvalue weighted by Gasteiger charge is 2.22. The lowest BCUT2D eigenvalue weighted by Crippen LogP contribution is -2.08. The summed E-state index contributed by atoms with van der Waals surface area (Å²) >= 11 is 0. The van der Waals surface area contributed by atoms with Crippen LogP contribution in [-0.4, -0.2) is 15.8 Å². The van der Waals surface area contributed by atoms with Gasteiger partial charge < -0.3 is 4.98 Å². The number of fused-ring (bicyclic) bond motifs is 1. The Morgan fingerprint density at radius 1 is 1.25 bits per heavy atom. The Labute approximate surface area is 113 Å². The van der Waals surface area contributed by atoms with E-state index in [1.165, 1.54) is 25.4 Å². The van der Waals surface area contributed by atoms with E-state index in [1.807, 2.05) is 0 Å². The Kier molecular flexibility index (Phi) is 2.82. The van der Waals surface area contributed by atoms with E-state index in [2.05, 4.69) is 9.97 Å². The highest BCUT2D eigenvalue weighted by atomic mass is 19.1. The average molecular weight is 272 g/mol. The van der Waals surface area contributed by atoms with Crippen molar-refractivity contribution in [3.8, 4) is 0 Å². The van der Waals surface area contributed by atoms with Gasteiger partial charge in [0.05, 0.1) is 5.56 Å². The SMILES string of the molecule is Cc1ccc(F)c(C(=O)c2c[nH]c3ccncc23)c1F. The molecule has 20 heavy (non-hydrogen) atoms. The summed E-state index contributed by atoms with van der Waals surface area (Å²) in [6.07, 6.45) is 4.50. The monoisotopic (exact) mass is 272 g/mol. The largest absolute Gasteiger partial charge is 0.360 e. The van der Waals surface area contributed by atoms with E-state index in [0.29, 0.717) is 10.9 Å².